The van der Waals surface area contributed by atoms with Crippen molar-refractivity contribution in [1.29, 1.82) is 0 Å². The molecule has 2 heterocycles. The van der Waals surface area contributed by atoms with Gasteiger partial charge in [-0.05, 0) is 6.42 Å². The van der Waals surface area contributed by atoms with E-state index in [-0.39, 0.29) is 18.9 Å². The first-order chi connectivity index (χ1) is 7.79. The first-order valence-electron chi connectivity index (χ1n) is 5.56. The predicted octanol–water partition coefficient (Wildman–Crippen LogP) is 1.98. The van der Waals surface area contributed by atoms with Gasteiger partial charge in [-0.2, -0.15) is 18.3 Å². The Morgan fingerprint density at radius 1 is 1.41 bits per heavy atom. The molecule has 1 aromatic heterocycles. The smallest absolute Gasteiger partial charge is 0.321 e. The molecule has 0 saturated heterocycles. The van der Waals surface area contributed by atoms with Gasteiger partial charge >= 0.3 is 6.18 Å². The summed E-state index contributed by atoms with van der Waals surface area (Å²) >= 11 is 0. The number of hydrogen-bond acceptors (Lipinski definition) is 3. The molecule has 0 aromatic carbocycles. The number of nitrogens with two attached hydrogens (primary N) is 1. The van der Waals surface area contributed by atoms with E-state index in [1.54, 1.807) is 0 Å². The van der Waals surface area contributed by atoms with Gasteiger partial charge in [0, 0.05) is 5.92 Å². The van der Waals surface area contributed by atoms with Gasteiger partial charge in [-0.15, -0.1) is 0 Å². The van der Waals surface area contributed by atoms with Crippen molar-refractivity contribution in [3.8, 4) is 0 Å². The lowest BCUT2D eigenvalue weighted by Gasteiger charge is -2.28. The molecule has 1 aliphatic rings. The molecular weight excluding hydrogens is 233 g/mol. The first-order valence-corrected chi connectivity index (χ1v) is 5.56. The van der Waals surface area contributed by atoms with Crippen LogP contribution in [-0.4, -0.2) is 20.9 Å². The molecule has 4 nitrogen and oxygen atoms in total. The fourth-order valence-electron chi connectivity index (χ4n) is 1.96. The van der Waals surface area contributed by atoms with Crippen molar-refractivity contribution in [3.63, 3.8) is 0 Å². The number of fused-ring (bicyclic) bond motifs is 1. The van der Waals surface area contributed by atoms with Gasteiger partial charge in [-0.25, -0.2) is 9.67 Å². The van der Waals surface area contributed by atoms with Crippen LogP contribution in [0.5, 0.6) is 0 Å². The van der Waals surface area contributed by atoms with Crippen LogP contribution in [0.25, 0.3) is 0 Å². The Morgan fingerprint density at radius 3 is 2.59 bits per heavy atom. The van der Waals surface area contributed by atoms with Crippen LogP contribution in [0.3, 0.4) is 0 Å². The second-order valence-electron chi connectivity index (χ2n) is 4.75. The van der Waals surface area contributed by atoms with E-state index in [1.807, 2.05) is 13.8 Å². The Bertz CT molecular complexity index is 410. The Balaban J connectivity index is 2.30. The molecule has 1 aromatic rings. The Labute approximate surface area is 97.0 Å². The maximum absolute atomic E-state index is 12.7. The van der Waals surface area contributed by atoms with Crippen LogP contribution >= 0.6 is 0 Å². The van der Waals surface area contributed by atoms with E-state index in [0.717, 1.165) is 0 Å². The van der Waals surface area contributed by atoms with Gasteiger partial charge < -0.3 is 5.73 Å². The molecule has 0 saturated carbocycles. The number of alkyl halides is 3. The monoisotopic (exact) mass is 248 g/mol. The summed E-state index contributed by atoms with van der Waals surface area (Å²) in [5.41, 5.74) is 5.72. The zero-order valence-electron chi connectivity index (χ0n) is 9.70. The lowest BCUT2D eigenvalue weighted by Crippen LogP contribution is -2.37. The summed E-state index contributed by atoms with van der Waals surface area (Å²) in [5.74, 6) is -0.316. The van der Waals surface area contributed by atoms with Crippen molar-refractivity contribution in [2.75, 3.05) is 0 Å². The fraction of sp³-hybridized carbons (Fsp3) is 0.800. The largest absolute Gasteiger partial charge is 0.393 e. The summed E-state index contributed by atoms with van der Waals surface area (Å²) in [5, 5.41) is 4.09. The molecule has 2 unspecified atom stereocenters. The maximum atomic E-state index is 12.7. The van der Waals surface area contributed by atoms with Crippen molar-refractivity contribution in [1.82, 2.24) is 14.8 Å². The highest BCUT2D eigenvalue weighted by molar-refractivity contribution is 5.05. The third kappa shape index (κ3) is 2.29. The minimum atomic E-state index is -4.22. The fourth-order valence-corrected chi connectivity index (χ4v) is 1.96. The quantitative estimate of drug-likeness (QED) is 0.826. The van der Waals surface area contributed by atoms with E-state index in [4.69, 9.17) is 5.73 Å². The van der Waals surface area contributed by atoms with E-state index in [9.17, 15) is 13.2 Å². The van der Waals surface area contributed by atoms with Crippen LogP contribution in [0.15, 0.2) is 0 Å². The van der Waals surface area contributed by atoms with Crippen molar-refractivity contribution < 1.29 is 13.2 Å². The van der Waals surface area contributed by atoms with Gasteiger partial charge in [0.15, 0.2) is 5.82 Å². The molecule has 2 atom stereocenters. The molecular formula is C10H15F3N4. The van der Waals surface area contributed by atoms with Crippen molar-refractivity contribution in [2.24, 2.45) is 11.7 Å². The summed E-state index contributed by atoms with van der Waals surface area (Å²) in [6.45, 7) is 3.62. The van der Waals surface area contributed by atoms with Crippen molar-refractivity contribution >= 4 is 0 Å². The molecule has 7 heteroatoms. The molecule has 0 aliphatic carbocycles. The normalized spacial score (nSPS) is 25.1. The topological polar surface area (TPSA) is 56.7 Å². The van der Waals surface area contributed by atoms with E-state index < -0.39 is 18.1 Å². The number of nitrogens with zero attached hydrogens (tertiary/aromatic N) is 3. The van der Waals surface area contributed by atoms with Gasteiger partial charge in [0.25, 0.3) is 0 Å². The number of halogens is 3. The molecule has 2 rings (SSSR count). The summed E-state index contributed by atoms with van der Waals surface area (Å²) in [4.78, 5) is 4.21. The zero-order valence-corrected chi connectivity index (χ0v) is 9.70. The summed E-state index contributed by atoms with van der Waals surface area (Å²) in [6.07, 6.45) is -4.33. The zero-order chi connectivity index (χ0) is 12.8. The van der Waals surface area contributed by atoms with Crippen LogP contribution < -0.4 is 5.73 Å². The lowest BCUT2D eigenvalue weighted by molar-refractivity contribution is -0.184. The standard InChI is InChI=1S/C10H15F3N4/c1-5(2)8-15-9-7(14)3-6(10(11,12)13)4-17(9)16-8/h5-7H,3-4,14H2,1-2H3. The van der Waals surface area contributed by atoms with Gasteiger partial charge in [0.1, 0.15) is 5.82 Å². The predicted molar refractivity (Wildman–Crippen MR) is 55.2 cm³/mol. The Morgan fingerprint density at radius 2 is 2.06 bits per heavy atom. The van der Waals surface area contributed by atoms with E-state index in [0.29, 0.717) is 11.6 Å². The highest BCUT2D eigenvalue weighted by Crippen LogP contribution is 2.37. The van der Waals surface area contributed by atoms with Crippen LogP contribution in [0.4, 0.5) is 13.2 Å². The minimum absolute atomic E-state index is 0.0876. The summed E-state index contributed by atoms with van der Waals surface area (Å²) in [6, 6.07) is -0.685. The van der Waals surface area contributed by atoms with E-state index in [2.05, 4.69) is 10.1 Å². The van der Waals surface area contributed by atoms with Gasteiger partial charge in [-0.3, -0.25) is 0 Å². The maximum Gasteiger partial charge on any atom is 0.393 e. The molecule has 0 radical (unpaired) electrons. The molecule has 0 spiro atoms. The molecule has 0 amide bonds. The van der Waals surface area contributed by atoms with E-state index >= 15 is 0 Å². The van der Waals surface area contributed by atoms with Crippen LogP contribution in [0, 0.1) is 5.92 Å². The molecule has 2 N–H and O–H groups in total. The second-order valence-corrected chi connectivity index (χ2v) is 4.75. The third-order valence-electron chi connectivity index (χ3n) is 2.96. The summed E-state index contributed by atoms with van der Waals surface area (Å²) < 4.78 is 39.3. The average Bonchev–Trinajstić information content (AvgIpc) is 2.60. The SMILES string of the molecule is CC(C)c1nc2n(n1)CC(C(F)(F)F)CC2N. The van der Waals surface area contributed by atoms with Gasteiger partial charge in [0.2, 0.25) is 0 Å². The molecule has 0 bridgehead atoms. The number of rotatable bonds is 1. The minimum Gasteiger partial charge on any atom is -0.321 e. The number of aromatic nitrogens is 3. The second kappa shape index (κ2) is 3.97. The van der Waals surface area contributed by atoms with Gasteiger partial charge in [-0.1, -0.05) is 13.8 Å². The molecule has 96 valence electrons. The number of hydrogen-bond donors (Lipinski definition) is 1. The Hall–Kier alpha value is -1.11. The van der Waals surface area contributed by atoms with Gasteiger partial charge in [0.05, 0.1) is 18.5 Å². The highest BCUT2D eigenvalue weighted by Gasteiger charge is 2.44. The molecule has 0 fully saturated rings. The van der Waals surface area contributed by atoms with E-state index in [1.165, 1.54) is 4.68 Å². The average molecular weight is 248 g/mol. The van der Waals surface area contributed by atoms with Crippen LogP contribution in [-0.2, 0) is 6.54 Å². The first kappa shape index (κ1) is 12.3. The van der Waals surface area contributed by atoms with Crippen molar-refractivity contribution in [2.45, 2.75) is 44.9 Å². The van der Waals surface area contributed by atoms with Crippen molar-refractivity contribution in [3.05, 3.63) is 11.6 Å². The van der Waals surface area contributed by atoms with Crippen LogP contribution in [0.1, 0.15) is 43.9 Å². The molecule has 1 aliphatic heterocycles. The lowest BCUT2D eigenvalue weighted by atomic mass is 9.96. The third-order valence-corrected chi connectivity index (χ3v) is 2.96. The van der Waals surface area contributed by atoms with Crippen LogP contribution in [0.2, 0.25) is 0 Å². The molecule has 17 heavy (non-hydrogen) atoms. The Kier molecular flexibility index (Phi) is 2.89. The summed E-state index contributed by atoms with van der Waals surface area (Å²) in [7, 11) is 0. The highest BCUT2D eigenvalue weighted by atomic mass is 19.4.